The lowest BCUT2D eigenvalue weighted by Gasteiger charge is -2.44. The van der Waals surface area contributed by atoms with E-state index in [1.807, 2.05) is 44.0 Å². The second kappa shape index (κ2) is 9.85. The summed E-state index contributed by atoms with van der Waals surface area (Å²) in [6, 6.07) is 13.4. The van der Waals surface area contributed by atoms with Crippen LogP contribution in [-0.2, 0) is 23.6 Å². The first-order valence-electron chi connectivity index (χ1n) is 12.7. The van der Waals surface area contributed by atoms with E-state index >= 15 is 0 Å². The molecule has 0 bridgehead atoms. The van der Waals surface area contributed by atoms with Gasteiger partial charge in [0.15, 0.2) is 0 Å². The molecule has 1 aromatic carbocycles. The van der Waals surface area contributed by atoms with Gasteiger partial charge in [-0.3, -0.25) is 19.3 Å². The topological polar surface area (TPSA) is 89.3 Å². The lowest BCUT2D eigenvalue weighted by atomic mass is 9.71. The molecule has 1 N–H and O–H groups in total. The molecule has 0 saturated carbocycles. The van der Waals surface area contributed by atoms with Crippen molar-refractivity contribution in [2.24, 2.45) is 7.05 Å². The van der Waals surface area contributed by atoms with Crippen molar-refractivity contribution in [3.05, 3.63) is 82.9 Å². The molecule has 5 rings (SSSR count). The first-order chi connectivity index (χ1) is 17.5. The predicted octanol–water partition coefficient (Wildman–Crippen LogP) is 3.44. The lowest BCUT2D eigenvalue weighted by molar-refractivity contribution is -0.0306. The van der Waals surface area contributed by atoms with E-state index in [-0.39, 0.29) is 29.4 Å². The van der Waals surface area contributed by atoms with E-state index in [0.717, 1.165) is 30.5 Å². The van der Waals surface area contributed by atoms with Gasteiger partial charge >= 0.3 is 0 Å². The number of hydrogen-bond acceptors (Lipinski definition) is 5. The molecule has 1 aliphatic heterocycles. The summed E-state index contributed by atoms with van der Waals surface area (Å²) < 4.78 is 8.08. The number of carbonyl (C=O) groups is 2. The number of carbonyl (C=O) groups excluding carboxylic acids is 2. The molecule has 3 aromatic rings. The number of amides is 2. The van der Waals surface area contributed by atoms with Gasteiger partial charge in [0.25, 0.3) is 11.8 Å². The quantitative estimate of drug-likeness (QED) is 0.575. The number of aromatic nitrogens is 3. The van der Waals surface area contributed by atoms with Crippen LogP contribution in [0.1, 0.15) is 70.4 Å². The molecular weight excluding hydrogens is 454 g/mol. The van der Waals surface area contributed by atoms with Crippen molar-refractivity contribution in [3.63, 3.8) is 0 Å². The standard InChI is InChI=1S/C28H33N5O3/c1-4-20-17-23(32(3)31-20)27(35)33-15-12-28(13-16-33)22-11-7-6-10-21(22)24(25(28)36-5-2)30-26(34)19-9-8-14-29-18-19/h6-11,14,17-18,24-25H,4-5,12-13,15-16H2,1-3H3,(H,30,34)/t24-,25+/m1/s1. The summed E-state index contributed by atoms with van der Waals surface area (Å²) >= 11 is 0. The molecule has 0 radical (unpaired) electrons. The number of piperidine rings is 1. The fourth-order valence-corrected chi connectivity index (χ4v) is 5.89. The lowest BCUT2D eigenvalue weighted by Crippen LogP contribution is -2.52. The Balaban J connectivity index is 1.42. The average Bonchev–Trinajstić information content (AvgIpc) is 3.41. The normalized spacial score (nSPS) is 20.4. The van der Waals surface area contributed by atoms with Gasteiger partial charge in [0, 0.05) is 44.6 Å². The van der Waals surface area contributed by atoms with Crippen LogP contribution in [0, 0.1) is 0 Å². The maximum Gasteiger partial charge on any atom is 0.272 e. The zero-order valence-corrected chi connectivity index (χ0v) is 21.1. The smallest absolute Gasteiger partial charge is 0.272 e. The highest BCUT2D eigenvalue weighted by Crippen LogP contribution is 2.52. The molecule has 3 heterocycles. The van der Waals surface area contributed by atoms with Gasteiger partial charge in [-0.1, -0.05) is 31.2 Å². The number of benzene rings is 1. The van der Waals surface area contributed by atoms with E-state index in [9.17, 15) is 9.59 Å². The van der Waals surface area contributed by atoms with Crippen LogP contribution in [0.4, 0.5) is 0 Å². The fraction of sp³-hybridized carbons (Fsp3) is 0.429. The van der Waals surface area contributed by atoms with E-state index in [2.05, 4.69) is 27.5 Å². The van der Waals surface area contributed by atoms with Crippen LogP contribution in [-0.4, -0.2) is 57.3 Å². The molecule has 188 valence electrons. The molecule has 8 nitrogen and oxygen atoms in total. The first kappa shape index (κ1) is 24.2. The molecular formula is C28H33N5O3. The van der Waals surface area contributed by atoms with Crippen molar-refractivity contribution >= 4 is 11.8 Å². The highest BCUT2D eigenvalue weighted by Gasteiger charge is 2.54. The number of ether oxygens (including phenoxy) is 1. The number of nitrogens with one attached hydrogen (secondary N) is 1. The second-order valence-electron chi connectivity index (χ2n) is 9.60. The summed E-state index contributed by atoms with van der Waals surface area (Å²) in [5.74, 6) is -0.152. The van der Waals surface area contributed by atoms with Gasteiger partial charge in [-0.2, -0.15) is 5.10 Å². The Morgan fingerprint density at radius 3 is 2.58 bits per heavy atom. The van der Waals surface area contributed by atoms with Crippen molar-refractivity contribution in [3.8, 4) is 0 Å². The van der Waals surface area contributed by atoms with E-state index in [4.69, 9.17) is 4.74 Å². The molecule has 2 amide bonds. The Bertz CT molecular complexity index is 1250. The minimum atomic E-state index is -0.280. The monoisotopic (exact) mass is 487 g/mol. The Kier molecular flexibility index (Phi) is 6.62. The SMILES string of the molecule is CCO[C@H]1[C@H](NC(=O)c2cccnc2)c2ccccc2C12CCN(C(=O)c1cc(CC)nn1C)CC2. The Morgan fingerprint density at radius 1 is 1.14 bits per heavy atom. The molecule has 8 heteroatoms. The zero-order chi connectivity index (χ0) is 25.3. The van der Waals surface area contributed by atoms with Crippen LogP contribution in [0.15, 0.2) is 54.9 Å². The molecule has 1 aliphatic carbocycles. The Morgan fingerprint density at radius 2 is 1.92 bits per heavy atom. The predicted molar refractivity (Wildman–Crippen MR) is 136 cm³/mol. The van der Waals surface area contributed by atoms with Crippen LogP contribution in [0.25, 0.3) is 0 Å². The molecule has 2 aromatic heterocycles. The van der Waals surface area contributed by atoms with Gasteiger partial charge in [0.2, 0.25) is 0 Å². The number of rotatable bonds is 6. The van der Waals surface area contributed by atoms with Crippen LogP contribution in [0.5, 0.6) is 0 Å². The fourth-order valence-electron chi connectivity index (χ4n) is 5.89. The summed E-state index contributed by atoms with van der Waals surface area (Å²) in [7, 11) is 1.83. The minimum absolute atomic E-state index is 0.0141. The zero-order valence-electron chi connectivity index (χ0n) is 21.1. The molecule has 2 aliphatic rings. The second-order valence-corrected chi connectivity index (χ2v) is 9.60. The number of pyridine rings is 1. The van der Waals surface area contributed by atoms with E-state index in [1.54, 1.807) is 29.2 Å². The maximum atomic E-state index is 13.3. The van der Waals surface area contributed by atoms with Crippen LogP contribution < -0.4 is 5.32 Å². The number of nitrogens with zero attached hydrogens (tertiary/aromatic N) is 4. The van der Waals surface area contributed by atoms with Crippen molar-refractivity contribution in [1.82, 2.24) is 25.0 Å². The highest BCUT2D eigenvalue weighted by molar-refractivity contribution is 5.94. The first-order valence-corrected chi connectivity index (χ1v) is 12.7. The summed E-state index contributed by atoms with van der Waals surface area (Å²) in [6.45, 7) is 5.80. The summed E-state index contributed by atoms with van der Waals surface area (Å²) in [4.78, 5) is 32.5. The molecule has 1 fully saturated rings. The number of hydrogen-bond donors (Lipinski definition) is 1. The largest absolute Gasteiger partial charge is 0.375 e. The van der Waals surface area contributed by atoms with Crippen molar-refractivity contribution in [2.45, 2.75) is 50.7 Å². The third-order valence-electron chi connectivity index (χ3n) is 7.69. The van der Waals surface area contributed by atoms with Gasteiger partial charge in [-0.05, 0) is 55.5 Å². The van der Waals surface area contributed by atoms with Crippen molar-refractivity contribution < 1.29 is 14.3 Å². The number of fused-ring (bicyclic) bond motifs is 2. The van der Waals surface area contributed by atoms with Gasteiger partial charge < -0.3 is 15.0 Å². The third-order valence-corrected chi connectivity index (χ3v) is 7.69. The van der Waals surface area contributed by atoms with Crippen molar-refractivity contribution in [2.75, 3.05) is 19.7 Å². The van der Waals surface area contributed by atoms with Gasteiger partial charge in [-0.25, -0.2) is 0 Å². The van der Waals surface area contributed by atoms with Crippen LogP contribution in [0.3, 0.4) is 0 Å². The van der Waals surface area contributed by atoms with E-state index in [0.29, 0.717) is 31.0 Å². The van der Waals surface area contributed by atoms with Gasteiger partial charge in [0.1, 0.15) is 5.69 Å². The molecule has 2 atom stereocenters. The molecule has 0 unspecified atom stereocenters. The van der Waals surface area contributed by atoms with E-state index in [1.165, 1.54) is 5.56 Å². The summed E-state index contributed by atoms with van der Waals surface area (Å²) in [6.07, 6.45) is 5.33. The molecule has 1 saturated heterocycles. The summed E-state index contributed by atoms with van der Waals surface area (Å²) in [5, 5.41) is 7.69. The van der Waals surface area contributed by atoms with Gasteiger partial charge in [0.05, 0.1) is 23.4 Å². The molecule has 1 spiro atoms. The minimum Gasteiger partial charge on any atom is -0.375 e. The van der Waals surface area contributed by atoms with Crippen molar-refractivity contribution in [1.29, 1.82) is 0 Å². The number of likely N-dealkylation sites (tertiary alicyclic amines) is 1. The molecule has 36 heavy (non-hydrogen) atoms. The maximum absolute atomic E-state index is 13.3. The summed E-state index contributed by atoms with van der Waals surface area (Å²) in [5.41, 5.74) is 4.08. The Hall–Kier alpha value is -3.52. The van der Waals surface area contributed by atoms with Gasteiger partial charge in [-0.15, -0.1) is 0 Å². The highest BCUT2D eigenvalue weighted by atomic mass is 16.5. The van der Waals surface area contributed by atoms with Crippen LogP contribution >= 0.6 is 0 Å². The van der Waals surface area contributed by atoms with E-state index < -0.39 is 0 Å². The Labute approximate surface area is 211 Å². The van der Waals surface area contributed by atoms with Crippen LogP contribution in [0.2, 0.25) is 0 Å². The third kappa shape index (κ3) is 4.09. The average molecular weight is 488 g/mol. The number of aryl methyl sites for hydroxylation is 2.